The third-order valence-corrected chi connectivity index (χ3v) is 5.04. The Hall–Kier alpha value is -2.93. The van der Waals surface area contributed by atoms with Gasteiger partial charge in [-0.15, -0.1) is 0 Å². The summed E-state index contributed by atoms with van der Waals surface area (Å²) in [5, 5.41) is 8.55. The van der Waals surface area contributed by atoms with Gasteiger partial charge in [-0.2, -0.15) is 0 Å². The Morgan fingerprint density at radius 3 is 2.71 bits per heavy atom. The number of hydrogen-bond acceptors (Lipinski definition) is 6. The van der Waals surface area contributed by atoms with E-state index >= 15 is 0 Å². The maximum atomic E-state index is 11.7. The van der Waals surface area contributed by atoms with Crippen LogP contribution < -0.4 is 11.5 Å². The number of ketones is 1. The van der Waals surface area contributed by atoms with Gasteiger partial charge in [0, 0.05) is 43.9 Å². The SMILES string of the molecule is CN=C(C=C(N)C(=N)c1cc(C2=CC(=O)CCC2)ccc1N)N1CCOCC1. The Bertz CT molecular complexity index is 864. The van der Waals surface area contributed by atoms with Crippen molar-refractivity contribution in [3.05, 3.63) is 47.2 Å². The lowest BCUT2D eigenvalue weighted by molar-refractivity contribution is -0.114. The lowest BCUT2D eigenvalue weighted by atomic mass is 9.91. The average Bonchev–Trinajstić information content (AvgIpc) is 2.72. The molecule has 0 bridgehead atoms. The number of ether oxygens (including phenoxy) is 1. The molecule has 0 amide bonds. The fourth-order valence-electron chi connectivity index (χ4n) is 3.45. The number of amidine groups is 1. The molecule has 28 heavy (non-hydrogen) atoms. The first-order valence-electron chi connectivity index (χ1n) is 9.49. The Balaban J connectivity index is 1.86. The largest absolute Gasteiger partial charge is 0.398 e. The smallest absolute Gasteiger partial charge is 0.155 e. The fourth-order valence-corrected chi connectivity index (χ4v) is 3.45. The first-order chi connectivity index (χ1) is 13.5. The molecular weight excluding hydrogens is 354 g/mol. The van der Waals surface area contributed by atoms with Gasteiger partial charge in [0.25, 0.3) is 0 Å². The molecule has 5 N–H and O–H groups in total. The summed E-state index contributed by atoms with van der Waals surface area (Å²) in [5.41, 5.74) is 15.7. The van der Waals surface area contributed by atoms with Crippen molar-refractivity contribution in [2.24, 2.45) is 10.7 Å². The summed E-state index contributed by atoms with van der Waals surface area (Å²) in [5.74, 6) is 0.865. The number of rotatable bonds is 4. The van der Waals surface area contributed by atoms with Gasteiger partial charge in [-0.25, -0.2) is 0 Å². The second kappa shape index (κ2) is 8.84. The van der Waals surface area contributed by atoms with Gasteiger partial charge in [-0.1, -0.05) is 6.07 Å². The highest BCUT2D eigenvalue weighted by molar-refractivity contribution is 6.16. The summed E-state index contributed by atoms with van der Waals surface area (Å²) in [6.07, 6.45) is 5.69. The number of nitrogens with zero attached hydrogens (tertiary/aromatic N) is 2. The third kappa shape index (κ3) is 4.48. The topological polar surface area (TPSA) is 118 Å². The molecule has 0 radical (unpaired) electrons. The quantitative estimate of drug-likeness (QED) is 0.419. The Kier molecular flexibility index (Phi) is 6.26. The van der Waals surface area contributed by atoms with E-state index in [-0.39, 0.29) is 11.5 Å². The van der Waals surface area contributed by atoms with E-state index in [2.05, 4.69) is 9.89 Å². The van der Waals surface area contributed by atoms with Gasteiger partial charge < -0.3 is 21.1 Å². The van der Waals surface area contributed by atoms with Crippen LogP contribution in [0, 0.1) is 5.41 Å². The minimum absolute atomic E-state index is 0.142. The van der Waals surface area contributed by atoms with Gasteiger partial charge in [0.15, 0.2) is 5.78 Å². The molecule has 7 heteroatoms. The Morgan fingerprint density at radius 1 is 1.29 bits per heavy atom. The zero-order valence-corrected chi connectivity index (χ0v) is 16.2. The number of nitrogens with one attached hydrogen (secondary N) is 1. The minimum atomic E-state index is 0.142. The van der Waals surface area contributed by atoms with Crippen LogP contribution in [0.2, 0.25) is 0 Å². The second-order valence-corrected chi connectivity index (χ2v) is 6.95. The molecule has 0 spiro atoms. The molecule has 2 aliphatic rings. The predicted molar refractivity (Wildman–Crippen MR) is 113 cm³/mol. The minimum Gasteiger partial charge on any atom is -0.398 e. The molecule has 3 rings (SSSR count). The maximum absolute atomic E-state index is 11.7. The number of allylic oxidation sites excluding steroid dienone is 3. The van der Waals surface area contributed by atoms with Crippen LogP contribution in [0.4, 0.5) is 5.69 Å². The molecule has 1 heterocycles. The zero-order chi connectivity index (χ0) is 20.1. The summed E-state index contributed by atoms with van der Waals surface area (Å²) in [7, 11) is 1.71. The van der Waals surface area contributed by atoms with Gasteiger partial charge in [-0.05, 0) is 42.2 Å². The number of anilines is 1. The summed E-state index contributed by atoms with van der Waals surface area (Å²) in [6, 6.07) is 5.51. The van der Waals surface area contributed by atoms with Crippen LogP contribution in [0.15, 0.2) is 41.0 Å². The van der Waals surface area contributed by atoms with E-state index in [0.29, 0.717) is 36.6 Å². The summed E-state index contributed by atoms with van der Waals surface area (Å²) in [4.78, 5) is 18.1. The van der Waals surface area contributed by atoms with Gasteiger partial charge >= 0.3 is 0 Å². The van der Waals surface area contributed by atoms with Crippen LogP contribution in [0.1, 0.15) is 30.4 Å². The number of benzene rings is 1. The lowest BCUT2D eigenvalue weighted by Crippen LogP contribution is -2.40. The maximum Gasteiger partial charge on any atom is 0.155 e. The van der Waals surface area contributed by atoms with Crippen molar-refractivity contribution < 1.29 is 9.53 Å². The van der Waals surface area contributed by atoms with E-state index in [1.165, 1.54) is 0 Å². The number of nitrogen functional groups attached to an aromatic ring is 1. The van der Waals surface area contributed by atoms with Crippen molar-refractivity contribution in [3.63, 3.8) is 0 Å². The van der Waals surface area contributed by atoms with E-state index in [0.717, 1.165) is 42.9 Å². The number of nitrogens with two attached hydrogens (primary N) is 2. The van der Waals surface area contributed by atoms with E-state index < -0.39 is 0 Å². The molecule has 1 saturated heterocycles. The summed E-state index contributed by atoms with van der Waals surface area (Å²) < 4.78 is 5.37. The first kappa shape index (κ1) is 19.8. The monoisotopic (exact) mass is 381 g/mol. The van der Waals surface area contributed by atoms with Crippen molar-refractivity contribution in [2.45, 2.75) is 19.3 Å². The molecule has 148 valence electrons. The molecule has 7 nitrogen and oxygen atoms in total. The number of hydrogen-bond donors (Lipinski definition) is 3. The number of carbonyl (C=O) groups is 1. The highest BCUT2D eigenvalue weighted by atomic mass is 16.5. The molecule has 1 fully saturated rings. The van der Waals surface area contributed by atoms with Crippen molar-refractivity contribution in [1.29, 1.82) is 5.41 Å². The molecule has 0 atom stereocenters. The number of morpholine rings is 1. The lowest BCUT2D eigenvalue weighted by Gasteiger charge is -2.28. The standard InChI is InChI=1S/C21H27N5O2/c1-25-20(26-7-9-28-10-8-26)13-19(23)21(24)17-12-15(5-6-18(17)22)14-3-2-4-16(27)11-14/h5-6,11-13,24H,2-4,7-10,22-23H2,1H3. The highest BCUT2D eigenvalue weighted by Crippen LogP contribution is 2.28. The van der Waals surface area contributed by atoms with Crippen molar-refractivity contribution in [2.75, 3.05) is 39.1 Å². The molecule has 1 aliphatic heterocycles. The van der Waals surface area contributed by atoms with Gasteiger partial charge in [-0.3, -0.25) is 15.2 Å². The predicted octanol–water partition coefficient (Wildman–Crippen LogP) is 1.98. The molecule has 1 aromatic carbocycles. The van der Waals surface area contributed by atoms with Gasteiger partial charge in [0.2, 0.25) is 0 Å². The third-order valence-electron chi connectivity index (χ3n) is 5.04. The molecule has 0 saturated carbocycles. The van der Waals surface area contributed by atoms with E-state index in [1.54, 1.807) is 25.3 Å². The Labute approximate surface area is 165 Å². The molecule has 0 unspecified atom stereocenters. The van der Waals surface area contributed by atoms with Crippen LogP contribution in [-0.2, 0) is 9.53 Å². The second-order valence-electron chi connectivity index (χ2n) is 6.95. The Morgan fingerprint density at radius 2 is 2.04 bits per heavy atom. The molecule has 0 aromatic heterocycles. The van der Waals surface area contributed by atoms with Gasteiger partial charge in [0.05, 0.1) is 24.6 Å². The van der Waals surface area contributed by atoms with Crippen LogP contribution in [0.25, 0.3) is 5.57 Å². The number of aliphatic imine (C=N–C) groups is 1. The van der Waals surface area contributed by atoms with Crippen molar-refractivity contribution in [3.8, 4) is 0 Å². The van der Waals surface area contributed by atoms with Crippen molar-refractivity contribution >= 4 is 28.6 Å². The normalized spacial score (nSPS) is 18.8. The van der Waals surface area contributed by atoms with Crippen LogP contribution in [-0.4, -0.2) is 55.6 Å². The zero-order valence-electron chi connectivity index (χ0n) is 16.2. The van der Waals surface area contributed by atoms with Crippen LogP contribution >= 0.6 is 0 Å². The molecule has 1 aromatic rings. The van der Waals surface area contributed by atoms with Gasteiger partial charge in [0.1, 0.15) is 5.84 Å². The molecule has 1 aliphatic carbocycles. The number of carbonyl (C=O) groups excluding carboxylic acids is 1. The van der Waals surface area contributed by atoms with Crippen LogP contribution in [0.3, 0.4) is 0 Å². The van der Waals surface area contributed by atoms with E-state index in [4.69, 9.17) is 21.6 Å². The summed E-state index contributed by atoms with van der Waals surface area (Å²) >= 11 is 0. The van der Waals surface area contributed by atoms with Crippen molar-refractivity contribution in [1.82, 2.24) is 4.90 Å². The van der Waals surface area contributed by atoms with Crippen LogP contribution in [0.5, 0.6) is 0 Å². The molecular formula is C21H27N5O2. The van der Waals surface area contributed by atoms with E-state index in [1.807, 2.05) is 12.1 Å². The van der Waals surface area contributed by atoms with E-state index in [9.17, 15) is 4.79 Å². The summed E-state index contributed by atoms with van der Waals surface area (Å²) in [6.45, 7) is 2.77. The first-order valence-corrected chi connectivity index (χ1v) is 9.49. The highest BCUT2D eigenvalue weighted by Gasteiger charge is 2.17. The average molecular weight is 381 g/mol. The fraction of sp³-hybridized carbons (Fsp3) is 0.381.